The smallest absolute Gasteiger partial charge is 0.410 e. The van der Waals surface area contributed by atoms with E-state index in [0.717, 1.165) is 55.9 Å². The van der Waals surface area contributed by atoms with Crippen molar-refractivity contribution in [2.24, 2.45) is 5.92 Å². The first-order chi connectivity index (χ1) is 13.4. The number of H-pyrrole nitrogens is 1. The minimum Gasteiger partial charge on any atom is -0.444 e. The van der Waals surface area contributed by atoms with Gasteiger partial charge < -0.3 is 19.4 Å². The molecule has 2 aliphatic heterocycles. The van der Waals surface area contributed by atoms with Crippen molar-refractivity contribution in [2.45, 2.75) is 58.0 Å². The molecule has 7 heteroatoms. The van der Waals surface area contributed by atoms with Crippen molar-refractivity contribution in [3.8, 4) is 0 Å². The summed E-state index contributed by atoms with van der Waals surface area (Å²) < 4.78 is 11.0. The lowest BCUT2D eigenvalue weighted by molar-refractivity contribution is 0.0205. The standard InChI is InChI=1S/C21H30N4O3/c1-21(2,3)28-20(26)25-9-5-15(6-10-25)16-4-8-22-19-18(16)23-17(24-19)12-14-7-11-27-13-14/h4,8,14-15H,5-7,9-13H2,1-3H3,(H,22,23,24)/t14-/m1/s1. The largest absolute Gasteiger partial charge is 0.444 e. The van der Waals surface area contributed by atoms with Crippen LogP contribution in [0.5, 0.6) is 0 Å². The number of aromatic amines is 1. The van der Waals surface area contributed by atoms with Gasteiger partial charge in [-0.15, -0.1) is 0 Å². The van der Waals surface area contributed by atoms with E-state index in [2.05, 4.69) is 16.0 Å². The van der Waals surface area contributed by atoms with Gasteiger partial charge in [0.15, 0.2) is 5.65 Å². The molecule has 4 rings (SSSR count). The van der Waals surface area contributed by atoms with Crippen molar-refractivity contribution >= 4 is 17.3 Å². The number of carbonyl (C=O) groups excluding carboxylic acids is 1. The highest BCUT2D eigenvalue weighted by molar-refractivity contribution is 5.75. The summed E-state index contributed by atoms with van der Waals surface area (Å²) in [6.45, 7) is 8.80. The molecule has 4 heterocycles. The van der Waals surface area contributed by atoms with Gasteiger partial charge in [-0.2, -0.15) is 0 Å². The number of carbonyl (C=O) groups is 1. The zero-order valence-electron chi connectivity index (χ0n) is 17.0. The molecule has 28 heavy (non-hydrogen) atoms. The van der Waals surface area contributed by atoms with Gasteiger partial charge in [0.2, 0.25) is 0 Å². The Morgan fingerprint density at radius 2 is 2.11 bits per heavy atom. The number of likely N-dealkylation sites (tertiary alicyclic amines) is 1. The van der Waals surface area contributed by atoms with E-state index in [1.54, 1.807) is 0 Å². The minimum absolute atomic E-state index is 0.214. The molecular weight excluding hydrogens is 356 g/mol. The van der Waals surface area contributed by atoms with Crippen LogP contribution in [-0.2, 0) is 15.9 Å². The predicted octanol–water partition coefficient (Wildman–Crippen LogP) is 3.65. The van der Waals surface area contributed by atoms with Crippen molar-refractivity contribution in [1.82, 2.24) is 19.9 Å². The second kappa shape index (κ2) is 7.70. The molecule has 152 valence electrons. The maximum absolute atomic E-state index is 12.3. The third-order valence-electron chi connectivity index (χ3n) is 5.57. The van der Waals surface area contributed by atoms with E-state index in [0.29, 0.717) is 24.9 Å². The fraction of sp³-hybridized carbons (Fsp3) is 0.667. The normalized spacial score (nSPS) is 21.4. The first-order valence-corrected chi connectivity index (χ1v) is 10.3. The van der Waals surface area contributed by atoms with E-state index < -0.39 is 5.60 Å². The molecule has 1 amide bonds. The van der Waals surface area contributed by atoms with Crippen LogP contribution in [0, 0.1) is 5.92 Å². The Labute approximate surface area is 165 Å². The van der Waals surface area contributed by atoms with Crippen molar-refractivity contribution < 1.29 is 14.3 Å². The van der Waals surface area contributed by atoms with Crippen LogP contribution in [0.15, 0.2) is 12.3 Å². The van der Waals surface area contributed by atoms with E-state index in [1.165, 1.54) is 5.56 Å². The third-order valence-corrected chi connectivity index (χ3v) is 5.57. The highest BCUT2D eigenvalue weighted by Crippen LogP contribution is 2.32. The number of aromatic nitrogens is 3. The first-order valence-electron chi connectivity index (χ1n) is 10.3. The van der Waals surface area contributed by atoms with E-state index >= 15 is 0 Å². The maximum Gasteiger partial charge on any atom is 0.410 e. The average molecular weight is 386 g/mol. The number of ether oxygens (including phenoxy) is 2. The molecular formula is C21H30N4O3. The lowest BCUT2D eigenvalue weighted by atomic mass is 9.89. The van der Waals surface area contributed by atoms with Crippen molar-refractivity contribution in [3.63, 3.8) is 0 Å². The molecule has 2 aliphatic rings. The Morgan fingerprint density at radius 3 is 2.79 bits per heavy atom. The highest BCUT2D eigenvalue weighted by atomic mass is 16.6. The topological polar surface area (TPSA) is 80.3 Å². The SMILES string of the molecule is CC(C)(C)OC(=O)N1CCC(c2ccnc3nc(C[C@H]4CCOC4)[nH]c23)CC1. The number of piperidine rings is 1. The Kier molecular flexibility index (Phi) is 5.27. The van der Waals surface area contributed by atoms with E-state index in [-0.39, 0.29) is 6.09 Å². The lowest BCUT2D eigenvalue weighted by Crippen LogP contribution is -2.41. The molecule has 0 aromatic carbocycles. The molecule has 2 aromatic rings. The van der Waals surface area contributed by atoms with Crippen LogP contribution in [0.2, 0.25) is 0 Å². The molecule has 2 fully saturated rings. The Bertz CT molecular complexity index is 828. The summed E-state index contributed by atoms with van der Waals surface area (Å²) in [5, 5.41) is 0. The number of hydrogen-bond acceptors (Lipinski definition) is 5. The van der Waals surface area contributed by atoms with Gasteiger partial charge in [0.1, 0.15) is 11.4 Å². The lowest BCUT2D eigenvalue weighted by Gasteiger charge is -2.33. The van der Waals surface area contributed by atoms with Crippen molar-refractivity contribution in [2.75, 3.05) is 26.3 Å². The van der Waals surface area contributed by atoms with Gasteiger partial charge in [-0.05, 0) is 63.5 Å². The van der Waals surface area contributed by atoms with Gasteiger partial charge in [0.25, 0.3) is 0 Å². The number of nitrogens with zero attached hydrogens (tertiary/aromatic N) is 3. The number of hydrogen-bond donors (Lipinski definition) is 1. The maximum atomic E-state index is 12.3. The van der Waals surface area contributed by atoms with Crippen molar-refractivity contribution in [3.05, 3.63) is 23.7 Å². The molecule has 0 spiro atoms. The van der Waals surface area contributed by atoms with Crippen molar-refractivity contribution in [1.29, 1.82) is 0 Å². The second-order valence-corrected chi connectivity index (χ2v) is 8.96. The summed E-state index contributed by atoms with van der Waals surface area (Å²) in [7, 11) is 0. The monoisotopic (exact) mass is 386 g/mol. The number of pyridine rings is 1. The fourth-order valence-electron chi connectivity index (χ4n) is 4.13. The van der Waals surface area contributed by atoms with Crippen LogP contribution in [0.1, 0.15) is 57.3 Å². The molecule has 1 atom stereocenters. The van der Waals surface area contributed by atoms with Crippen LogP contribution in [0.3, 0.4) is 0 Å². The highest BCUT2D eigenvalue weighted by Gasteiger charge is 2.29. The third kappa shape index (κ3) is 4.29. The second-order valence-electron chi connectivity index (χ2n) is 8.96. The molecule has 7 nitrogen and oxygen atoms in total. The summed E-state index contributed by atoms with van der Waals surface area (Å²) in [5.41, 5.74) is 2.64. The van der Waals surface area contributed by atoms with Crippen LogP contribution >= 0.6 is 0 Å². The zero-order valence-corrected chi connectivity index (χ0v) is 17.0. The average Bonchev–Trinajstić information content (AvgIpc) is 3.29. The van der Waals surface area contributed by atoms with Gasteiger partial charge >= 0.3 is 6.09 Å². The predicted molar refractivity (Wildman–Crippen MR) is 106 cm³/mol. The van der Waals surface area contributed by atoms with Crippen LogP contribution in [-0.4, -0.2) is 57.8 Å². The number of imidazole rings is 1. The summed E-state index contributed by atoms with van der Waals surface area (Å²) in [6.07, 6.45) is 5.48. The summed E-state index contributed by atoms with van der Waals surface area (Å²) in [6, 6.07) is 2.09. The molecule has 0 unspecified atom stereocenters. The zero-order chi connectivity index (χ0) is 19.7. The van der Waals surface area contributed by atoms with Gasteiger partial charge in [0, 0.05) is 38.9 Å². The van der Waals surface area contributed by atoms with Crippen LogP contribution in [0.25, 0.3) is 11.2 Å². The number of nitrogens with one attached hydrogen (secondary N) is 1. The van der Waals surface area contributed by atoms with Gasteiger partial charge in [-0.25, -0.2) is 14.8 Å². The Balaban J connectivity index is 1.44. The molecule has 2 aromatic heterocycles. The number of fused-ring (bicyclic) bond motifs is 1. The molecule has 0 bridgehead atoms. The number of rotatable bonds is 3. The summed E-state index contributed by atoms with van der Waals surface area (Å²) >= 11 is 0. The van der Waals surface area contributed by atoms with Crippen LogP contribution < -0.4 is 0 Å². The van der Waals surface area contributed by atoms with Crippen LogP contribution in [0.4, 0.5) is 4.79 Å². The van der Waals surface area contributed by atoms with E-state index in [4.69, 9.17) is 14.5 Å². The molecule has 0 saturated carbocycles. The van der Waals surface area contributed by atoms with Gasteiger partial charge in [0.05, 0.1) is 5.52 Å². The summed E-state index contributed by atoms with van der Waals surface area (Å²) in [5.74, 6) is 1.94. The van der Waals surface area contributed by atoms with Gasteiger partial charge in [-0.3, -0.25) is 0 Å². The minimum atomic E-state index is -0.456. The number of amides is 1. The first kappa shape index (κ1) is 19.2. The van der Waals surface area contributed by atoms with Gasteiger partial charge in [-0.1, -0.05) is 0 Å². The molecule has 2 saturated heterocycles. The molecule has 1 N–H and O–H groups in total. The Hall–Kier alpha value is -2.15. The van der Waals surface area contributed by atoms with E-state index in [9.17, 15) is 4.79 Å². The quantitative estimate of drug-likeness (QED) is 0.871. The summed E-state index contributed by atoms with van der Waals surface area (Å²) in [4.78, 5) is 26.8. The molecule has 0 radical (unpaired) electrons. The Morgan fingerprint density at radius 1 is 1.32 bits per heavy atom. The van der Waals surface area contributed by atoms with E-state index in [1.807, 2.05) is 31.9 Å². The molecule has 0 aliphatic carbocycles. The fourth-order valence-corrected chi connectivity index (χ4v) is 4.13.